The van der Waals surface area contributed by atoms with E-state index in [2.05, 4.69) is 15.3 Å². The van der Waals surface area contributed by atoms with Crippen LogP contribution in [-0.4, -0.2) is 36.3 Å². The number of hydrogen-bond donors (Lipinski definition) is 2. The fourth-order valence-corrected chi connectivity index (χ4v) is 2.20. The van der Waals surface area contributed by atoms with Gasteiger partial charge in [-0.15, -0.1) is 0 Å². The van der Waals surface area contributed by atoms with Crippen molar-refractivity contribution in [2.24, 2.45) is 5.92 Å². The molecule has 0 aliphatic carbocycles. The van der Waals surface area contributed by atoms with Crippen molar-refractivity contribution < 1.29 is 13.2 Å². The van der Waals surface area contributed by atoms with Crippen LogP contribution in [0.1, 0.15) is 12.8 Å². The summed E-state index contributed by atoms with van der Waals surface area (Å²) in [5.74, 6) is -0.325. The minimum Gasteiger partial charge on any atom is -0.373 e. The van der Waals surface area contributed by atoms with Gasteiger partial charge in [0.05, 0.1) is 5.92 Å². The van der Waals surface area contributed by atoms with E-state index in [9.17, 15) is 13.2 Å². The summed E-state index contributed by atoms with van der Waals surface area (Å²) in [7, 11) is 1.67. The third-order valence-corrected chi connectivity index (χ3v) is 3.19. The van der Waals surface area contributed by atoms with E-state index in [0.717, 1.165) is 0 Å². The van der Waals surface area contributed by atoms with E-state index in [0.29, 0.717) is 24.6 Å². The van der Waals surface area contributed by atoms with Crippen LogP contribution in [0.4, 0.5) is 30.8 Å². The Morgan fingerprint density at radius 1 is 1.42 bits per heavy atom. The van der Waals surface area contributed by atoms with Gasteiger partial charge in [-0.2, -0.15) is 23.1 Å². The molecule has 0 radical (unpaired) electrons. The Hall–Kier alpha value is -1.73. The number of nitrogens with one attached hydrogen (secondary N) is 1. The lowest BCUT2D eigenvalue weighted by atomic mass is 9.97. The molecule has 1 aliphatic heterocycles. The molecule has 0 saturated carbocycles. The molecule has 0 aromatic carbocycles. The van der Waals surface area contributed by atoms with E-state index in [1.807, 2.05) is 0 Å². The van der Waals surface area contributed by atoms with Gasteiger partial charge in [0, 0.05) is 26.2 Å². The lowest BCUT2D eigenvalue weighted by Gasteiger charge is -2.34. The normalized spacial score (nSPS) is 20.4. The molecule has 19 heavy (non-hydrogen) atoms. The fraction of sp³-hybridized carbons (Fsp3) is 0.636. The molecule has 1 aliphatic rings. The molecule has 2 heterocycles. The predicted molar refractivity (Wildman–Crippen MR) is 67.0 cm³/mol. The first-order valence-electron chi connectivity index (χ1n) is 6.04. The van der Waals surface area contributed by atoms with Crippen LogP contribution in [0, 0.1) is 5.92 Å². The monoisotopic (exact) mass is 275 g/mol. The highest BCUT2D eigenvalue weighted by molar-refractivity contribution is 5.52. The molecule has 3 N–H and O–H groups in total. The Kier molecular flexibility index (Phi) is 3.68. The minimum atomic E-state index is -4.16. The number of piperidine rings is 1. The van der Waals surface area contributed by atoms with E-state index in [1.165, 1.54) is 0 Å². The SMILES string of the molecule is CNc1cc(N2CCCC(C(F)(F)F)C2)nc(N)n1. The Labute approximate surface area is 109 Å². The Morgan fingerprint density at radius 2 is 2.16 bits per heavy atom. The minimum absolute atomic E-state index is 0.0518. The van der Waals surface area contributed by atoms with Crippen LogP contribution in [0.15, 0.2) is 6.07 Å². The van der Waals surface area contributed by atoms with E-state index in [1.54, 1.807) is 18.0 Å². The molecule has 106 valence electrons. The van der Waals surface area contributed by atoms with Gasteiger partial charge in [0.25, 0.3) is 0 Å². The third-order valence-electron chi connectivity index (χ3n) is 3.19. The zero-order chi connectivity index (χ0) is 14.0. The molecule has 1 aromatic heterocycles. The molecular formula is C11H16F3N5. The van der Waals surface area contributed by atoms with E-state index in [4.69, 9.17) is 5.73 Å². The van der Waals surface area contributed by atoms with Crippen molar-refractivity contribution in [1.82, 2.24) is 9.97 Å². The zero-order valence-electron chi connectivity index (χ0n) is 10.5. The van der Waals surface area contributed by atoms with Crippen LogP contribution in [0.25, 0.3) is 0 Å². The first-order chi connectivity index (χ1) is 8.90. The average molecular weight is 275 g/mol. The smallest absolute Gasteiger partial charge is 0.373 e. The fourth-order valence-electron chi connectivity index (χ4n) is 2.20. The maximum atomic E-state index is 12.8. The average Bonchev–Trinajstić information content (AvgIpc) is 2.37. The lowest BCUT2D eigenvalue weighted by Crippen LogP contribution is -2.42. The van der Waals surface area contributed by atoms with Gasteiger partial charge in [-0.25, -0.2) is 0 Å². The molecule has 1 atom stereocenters. The number of nitrogens with zero attached hydrogens (tertiary/aromatic N) is 3. The molecule has 1 unspecified atom stereocenters. The van der Waals surface area contributed by atoms with Gasteiger partial charge < -0.3 is 16.0 Å². The van der Waals surface area contributed by atoms with Crippen LogP contribution in [0.5, 0.6) is 0 Å². The summed E-state index contributed by atoms with van der Waals surface area (Å²) in [4.78, 5) is 9.54. The second-order valence-electron chi connectivity index (χ2n) is 4.55. The molecule has 0 bridgehead atoms. The standard InChI is InChI=1S/C11H16F3N5/c1-16-8-5-9(18-10(15)17-8)19-4-2-3-7(6-19)11(12,13)14/h5,7H,2-4,6H2,1H3,(H3,15,16,17,18). The second-order valence-corrected chi connectivity index (χ2v) is 4.55. The Morgan fingerprint density at radius 3 is 2.79 bits per heavy atom. The van der Waals surface area contributed by atoms with Crippen molar-refractivity contribution in [2.45, 2.75) is 19.0 Å². The van der Waals surface area contributed by atoms with Crippen LogP contribution in [-0.2, 0) is 0 Å². The summed E-state index contributed by atoms with van der Waals surface area (Å²) in [5.41, 5.74) is 5.55. The molecular weight excluding hydrogens is 259 g/mol. The molecule has 2 rings (SSSR count). The number of nitrogens with two attached hydrogens (primary N) is 1. The lowest BCUT2D eigenvalue weighted by molar-refractivity contribution is -0.176. The van der Waals surface area contributed by atoms with Crippen molar-refractivity contribution in [3.63, 3.8) is 0 Å². The summed E-state index contributed by atoms with van der Waals surface area (Å²) in [6, 6.07) is 1.61. The Balaban J connectivity index is 2.19. The largest absolute Gasteiger partial charge is 0.393 e. The maximum absolute atomic E-state index is 12.8. The number of halogens is 3. The molecule has 0 amide bonds. The quantitative estimate of drug-likeness (QED) is 0.862. The van der Waals surface area contributed by atoms with Crippen molar-refractivity contribution >= 4 is 17.6 Å². The first kappa shape index (κ1) is 13.7. The molecule has 5 nitrogen and oxygen atoms in total. The number of rotatable bonds is 2. The maximum Gasteiger partial charge on any atom is 0.393 e. The summed E-state index contributed by atoms with van der Waals surface area (Å²) in [6.07, 6.45) is -3.51. The van der Waals surface area contributed by atoms with Gasteiger partial charge in [0.2, 0.25) is 5.95 Å². The van der Waals surface area contributed by atoms with Gasteiger partial charge in [-0.05, 0) is 12.8 Å². The zero-order valence-corrected chi connectivity index (χ0v) is 10.5. The van der Waals surface area contributed by atoms with Crippen LogP contribution in [0.3, 0.4) is 0 Å². The Bertz CT molecular complexity index is 448. The number of aromatic nitrogens is 2. The number of anilines is 3. The van der Waals surface area contributed by atoms with Gasteiger partial charge >= 0.3 is 6.18 Å². The number of alkyl halides is 3. The molecule has 0 spiro atoms. The summed E-state index contributed by atoms with van der Waals surface area (Å²) < 4.78 is 38.3. The van der Waals surface area contributed by atoms with Crippen molar-refractivity contribution in [1.29, 1.82) is 0 Å². The molecule has 1 aromatic rings. The highest BCUT2D eigenvalue weighted by Crippen LogP contribution is 2.34. The number of nitrogen functional groups attached to an aromatic ring is 1. The molecule has 8 heteroatoms. The van der Waals surface area contributed by atoms with E-state index < -0.39 is 12.1 Å². The highest BCUT2D eigenvalue weighted by atomic mass is 19.4. The topological polar surface area (TPSA) is 67.1 Å². The summed E-state index contributed by atoms with van der Waals surface area (Å²) >= 11 is 0. The van der Waals surface area contributed by atoms with Crippen LogP contribution >= 0.6 is 0 Å². The highest BCUT2D eigenvalue weighted by Gasteiger charge is 2.42. The first-order valence-corrected chi connectivity index (χ1v) is 6.04. The number of hydrogen-bond acceptors (Lipinski definition) is 5. The van der Waals surface area contributed by atoms with E-state index >= 15 is 0 Å². The molecule has 1 fully saturated rings. The summed E-state index contributed by atoms with van der Waals surface area (Å²) in [5, 5.41) is 2.81. The van der Waals surface area contributed by atoms with Gasteiger partial charge in [0.15, 0.2) is 0 Å². The third kappa shape index (κ3) is 3.18. The molecule has 1 saturated heterocycles. The van der Waals surface area contributed by atoms with Gasteiger partial charge in [-0.3, -0.25) is 0 Å². The van der Waals surface area contributed by atoms with E-state index in [-0.39, 0.29) is 18.9 Å². The van der Waals surface area contributed by atoms with Crippen LogP contribution in [0.2, 0.25) is 0 Å². The van der Waals surface area contributed by atoms with Crippen molar-refractivity contribution in [2.75, 3.05) is 36.1 Å². The van der Waals surface area contributed by atoms with Gasteiger partial charge in [0.1, 0.15) is 11.6 Å². The van der Waals surface area contributed by atoms with Crippen molar-refractivity contribution in [3.8, 4) is 0 Å². The van der Waals surface area contributed by atoms with Gasteiger partial charge in [-0.1, -0.05) is 0 Å². The van der Waals surface area contributed by atoms with Crippen LogP contribution < -0.4 is 16.0 Å². The summed E-state index contributed by atoms with van der Waals surface area (Å²) in [6.45, 7) is 0.468. The second kappa shape index (κ2) is 5.10. The predicted octanol–water partition coefficient (Wildman–Crippen LogP) is 1.88. The van der Waals surface area contributed by atoms with Crippen molar-refractivity contribution in [3.05, 3.63) is 6.07 Å².